The summed E-state index contributed by atoms with van der Waals surface area (Å²) in [5.41, 5.74) is 0.984. The summed E-state index contributed by atoms with van der Waals surface area (Å²) in [6.07, 6.45) is 1.16. The van der Waals surface area contributed by atoms with Crippen molar-refractivity contribution < 1.29 is 14.6 Å². The predicted octanol–water partition coefficient (Wildman–Crippen LogP) is 2.55. The summed E-state index contributed by atoms with van der Waals surface area (Å²) >= 11 is 0. The fourth-order valence-corrected chi connectivity index (χ4v) is 2.93. The summed E-state index contributed by atoms with van der Waals surface area (Å²) in [6, 6.07) is 9.18. The number of hydrogen-bond acceptors (Lipinski definition) is 4. The number of rotatable bonds is 3. The van der Waals surface area contributed by atoms with Gasteiger partial charge in [0.15, 0.2) is 0 Å². The number of carbonyl (C=O) groups is 1. The van der Waals surface area contributed by atoms with Crippen molar-refractivity contribution in [1.82, 2.24) is 4.98 Å². The molecule has 0 spiro atoms. The van der Waals surface area contributed by atoms with E-state index in [0.717, 1.165) is 18.8 Å². The number of aromatic carboxylic acids is 1. The summed E-state index contributed by atoms with van der Waals surface area (Å²) in [5, 5.41) is 9.88. The normalized spacial score (nSPS) is 21.6. The highest BCUT2D eigenvalue weighted by Gasteiger charge is 2.28. The summed E-state index contributed by atoms with van der Waals surface area (Å²) in [5.74, 6) is -0.0892. The molecule has 2 heterocycles. The van der Waals surface area contributed by atoms with E-state index >= 15 is 0 Å². The minimum atomic E-state index is -0.929. The number of carboxylic acid groups (broad SMARTS) is 1. The maximum atomic E-state index is 11.2. The third-order valence-electron chi connectivity index (χ3n) is 4.14. The lowest BCUT2D eigenvalue weighted by Gasteiger charge is -2.28. The zero-order valence-corrected chi connectivity index (χ0v) is 12.1. The minimum Gasteiger partial charge on any atom is -0.478 e. The third kappa shape index (κ3) is 2.45. The Balaban J connectivity index is 2.00. The van der Waals surface area contributed by atoms with Gasteiger partial charge in [-0.2, -0.15) is 0 Å². The average Bonchev–Trinajstić information content (AvgIpc) is 2.91. The first kappa shape index (κ1) is 13.8. The number of ether oxygens (including phenoxy) is 1. The SMILES string of the molecule is CC1OCCC1N(C)c1ccc2c(C(=O)O)cccc2n1. The zero-order valence-electron chi connectivity index (χ0n) is 12.1. The Hall–Kier alpha value is -2.14. The number of carboxylic acids is 1. The molecular weight excluding hydrogens is 268 g/mol. The Bertz CT molecular complexity index is 686. The van der Waals surface area contributed by atoms with E-state index in [4.69, 9.17) is 4.74 Å². The van der Waals surface area contributed by atoms with E-state index < -0.39 is 5.97 Å². The van der Waals surface area contributed by atoms with Gasteiger partial charge in [-0.1, -0.05) is 6.07 Å². The molecule has 5 nitrogen and oxygen atoms in total. The number of aromatic nitrogens is 1. The molecule has 1 aliphatic heterocycles. The summed E-state index contributed by atoms with van der Waals surface area (Å²) in [6.45, 7) is 2.84. The molecule has 2 aromatic rings. The molecule has 2 unspecified atom stereocenters. The van der Waals surface area contributed by atoms with Gasteiger partial charge in [0.25, 0.3) is 0 Å². The fraction of sp³-hybridized carbons (Fsp3) is 0.375. The van der Waals surface area contributed by atoms with Crippen molar-refractivity contribution in [2.45, 2.75) is 25.5 Å². The summed E-state index contributed by atoms with van der Waals surface area (Å²) in [4.78, 5) is 18.0. The van der Waals surface area contributed by atoms with Crippen LogP contribution >= 0.6 is 0 Å². The molecule has 0 amide bonds. The highest BCUT2D eigenvalue weighted by atomic mass is 16.5. The van der Waals surface area contributed by atoms with E-state index in [1.54, 1.807) is 12.1 Å². The lowest BCUT2D eigenvalue weighted by Crippen LogP contribution is -2.37. The van der Waals surface area contributed by atoms with Crippen molar-refractivity contribution in [3.8, 4) is 0 Å². The average molecular weight is 286 g/mol. The van der Waals surface area contributed by atoms with Crippen LogP contribution in [0.1, 0.15) is 23.7 Å². The summed E-state index contributed by atoms with van der Waals surface area (Å²) < 4.78 is 5.60. The highest BCUT2D eigenvalue weighted by molar-refractivity contribution is 6.02. The van der Waals surface area contributed by atoms with Gasteiger partial charge >= 0.3 is 5.97 Å². The van der Waals surface area contributed by atoms with E-state index in [9.17, 15) is 9.90 Å². The molecule has 1 aliphatic rings. The van der Waals surface area contributed by atoms with Crippen molar-refractivity contribution in [2.24, 2.45) is 0 Å². The number of benzene rings is 1. The van der Waals surface area contributed by atoms with Gasteiger partial charge in [0.1, 0.15) is 5.82 Å². The van der Waals surface area contributed by atoms with Gasteiger partial charge in [-0.25, -0.2) is 9.78 Å². The molecule has 0 bridgehead atoms. The van der Waals surface area contributed by atoms with Crippen molar-refractivity contribution in [3.05, 3.63) is 35.9 Å². The van der Waals surface area contributed by atoms with Gasteiger partial charge in [0.05, 0.1) is 23.2 Å². The van der Waals surface area contributed by atoms with Gasteiger partial charge in [0, 0.05) is 19.0 Å². The first-order chi connectivity index (χ1) is 10.1. The monoisotopic (exact) mass is 286 g/mol. The van der Waals surface area contributed by atoms with Crippen molar-refractivity contribution in [3.63, 3.8) is 0 Å². The second-order valence-electron chi connectivity index (χ2n) is 5.39. The van der Waals surface area contributed by atoms with Crippen LogP contribution in [0.4, 0.5) is 5.82 Å². The van der Waals surface area contributed by atoms with Gasteiger partial charge in [-0.3, -0.25) is 0 Å². The minimum absolute atomic E-state index is 0.179. The van der Waals surface area contributed by atoms with Crippen LogP contribution in [-0.4, -0.2) is 41.9 Å². The maximum absolute atomic E-state index is 11.2. The largest absolute Gasteiger partial charge is 0.478 e. The Morgan fingerprint density at radius 1 is 1.38 bits per heavy atom. The highest BCUT2D eigenvalue weighted by Crippen LogP contribution is 2.26. The standard InChI is InChI=1S/C16H18N2O3/c1-10-14(8-9-21-10)18(2)15-7-6-11-12(16(19)20)4-3-5-13(11)17-15/h3-7,10,14H,8-9H2,1-2H3,(H,19,20). The smallest absolute Gasteiger partial charge is 0.336 e. The van der Waals surface area contributed by atoms with Crippen LogP contribution < -0.4 is 4.90 Å². The van der Waals surface area contributed by atoms with Crippen molar-refractivity contribution in [1.29, 1.82) is 0 Å². The van der Waals surface area contributed by atoms with Gasteiger partial charge in [0.2, 0.25) is 0 Å². The van der Waals surface area contributed by atoms with Gasteiger partial charge in [-0.15, -0.1) is 0 Å². The molecule has 0 aliphatic carbocycles. The molecule has 110 valence electrons. The van der Waals surface area contributed by atoms with Crippen LogP contribution in [0.3, 0.4) is 0 Å². The summed E-state index contributed by atoms with van der Waals surface area (Å²) in [7, 11) is 2.01. The Morgan fingerprint density at radius 2 is 2.19 bits per heavy atom. The predicted molar refractivity (Wildman–Crippen MR) is 80.9 cm³/mol. The van der Waals surface area contributed by atoms with Crippen LogP contribution in [0, 0.1) is 0 Å². The number of likely N-dealkylation sites (N-methyl/N-ethyl adjacent to an activating group) is 1. The topological polar surface area (TPSA) is 62.7 Å². The van der Waals surface area contributed by atoms with Crippen LogP contribution in [0.25, 0.3) is 10.9 Å². The van der Waals surface area contributed by atoms with Gasteiger partial charge < -0.3 is 14.7 Å². The van der Waals surface area contributed by atoms with Crippen LogP contribution in [0.5, 0.6) is 0 Å². The van der Waals surface area contributed by atoms with Crippen LogP contribution in [-0.2, 0) is 4.74 Å². The molecule has 5 heteroatoms. The van der Waals surface area contributed by atoms with E-state index in [1.165, 1.54) is 0 Å². The van der Waals surface area contributed by atoms with E-state index in [1.807, 2.05) is 25.2 Å². The second-order valence-corrected chi connectivity index (χ2v) is 5.39. The molecule has 1 N–H and O–H groups in total. The molecule has 2 atom stereocenters. The lowest BCUT2D eigenvalue weighted by molar-refractivity contribution is 0.0699. The Kier molecular flexibility index (Phi) is 3.51. The van der Waals surface area contributed by atoms with Gasteiger partial charge in [-0.05, 0) is 37.6 Å². The molecule has 1 saturated heterocycles. The van der Waals surface area contributed by atoms with Crippen LogP contribution in [0.15, 0.2) is 30.3 Å². The molecule has 0 saturated carbocycles. The zero-order chi connectivity index (χ0) is 15.0. The number of fused-ring (bicyclic) bond motifs is 1. The molecule has 21 heavy (non-hydrogen) atoms. The van der Waals surface area contributed by atoms with Crippen molar-refractivity contribution in [2.75, 3.05) is 18.6 Å². The second kappa shape index (κ2) is 5.33. The van der Waals surface area contributed by atoms with E-state index in [-0.39, 0.29) is 11.7 Å². The number of nitrogens with zero attached hydrogens (tertiary/aromatic N) is 2. The number of hydrogen-bond donors (Lipinski definition) is 1. The first-order valence-corrected chi connectivity index (χ1v) is 7.05. The number of pyridine rings is 1. The van der Waals surface area contributed by atoms with E-state index in [2.05, 4.69) is 16.8 Å². The van der Waals surface area contributed by atoms with E-state index in [0.29, 0.717) is 16.9 Å². The third-order valence-corrected chi connectivity index (χ3v) is 4.14. The molecule has 3 rings (SSSR count). The maximum Gasteiger partial charge on any atom is 0.336 e. The molecule has 1 fully saturated rings. The van der Waals surface area contributed by atoms with Crippen LogP contribution in [0.2, 0.25) is 0 Å². The first-order valence-electron chi connectivity index (χ1n) is 7.05. The Labute approximate surface area is 123 Å². The Morgan fingerprint density at radius 3 is 2.86 bits per heavy atom. The molecule has 0 radical (unpaired) electrons. The van der Waals surface area contributed by atoms with Crippen molar-refractivity contribution >= 4 is 22.7 Å². The fourth-order valence-electron chi connectivity index (χ4n) is 2.93. The number of anilines is 1. The molecule has 1 aromatic heterocycles. The lowest BCUT2D eigenvalue weighted by atomic mass is 10.1. The quantitative estimate of drug-likeness (QED) is 0.939. The molecule has 1 aromatic carbocycles. The molecular formula is C16H18N2O3.